The van der Waals surface area contributed by atoms with Gasteiger partial charge in [-0.25, -0.2) is 9.59 Å². The number of ether oxygens (including phenoxy) is 2. The maximum atomic E-state index is 12.9. The number of thioether (sulfide) groups is 1. The number of nitrogens with one attached hydrogen (secondary N) is 2. The van der Waals surface area contributed by atoms with E-state index in [2.05, 4.69) is 15.6 Å². The number of esters is 1. The zero-order valence-electron chi connectivity index (χ0n) is 17.1. The molecule has 0 fully saturated rings. The van der Waals surface area contributed by atoms with Gasteiger partial charge in [0.2, 0.25) is 5.91 Å². The van der Waals surface area contributed by atoms with E-state index in [4.69, 9.17) is 9.47 Å². The number of phenols is 1. The number of fused-ring (bicyclic) bond motifs is 1. The normalized spacial score (nSPS) is 20.7. The summed E-state index contributed by atoms with van der Waals surface area (Å²) < 4.78 is 10.6. The van der Waals surface area contributed by atoms with Gasteiger partial charge in [0.15, 0.2) is 0 Å². The summed E-state index contributed by atoms with van der Waals surface area (Å²) in [6, 6.07) is -0.812. The summed E-state index contributed by atoms with van der Waals surface area (Å²) in [5.74, 6) is -1.81. The van der Waals surface area contributed by atoms with Gasteiger partial charge in [-0.15, -0.1) is 0 Å². The number of amidine groups is 1. The van der Waals surface area contributed by atoms with E-state index in [1.54, 1.807) is 13.8 Å². The second kappa shape index (κ2) is 10.2. The molecule has 164 valence electrons. The van der Waals surface area contributed by atoms with Crippen molar-refractivity contribution in [2.24, 2.45) is 4.99 Å². The van der Waals surface area contributed by atoms with E-state index >= 15 is 0 Å². The van der Waals surface area contributed by atoms with Crippen LogP contribution >= 0.6 is 11.8 Å². The number of methoxy groups -OCH3 is 1. The summed E-state index contributed by atoms with van der Waals surface area (Å²) in [5.41, 5.74) is 0.921. The van der Waals surface area contributed by atoms with Crippen molar-refractivity contribution in [1.29, 1.82) is 0 Å². The van der Waals surface area contributed by atoms with E-state index in [-0.39, 0.29) is 29.4 Å². The Balaban J connectivity index is 2.48. The molecule has 0 aromatic heterocycles. The summed E-state index contributed by atoms with van der Waals surface area (Å²) >= 11 is 1.16. The van der Waals surface area contributed by atoms with Crippen LogP contribution in [0.2, 0.25) is 0 Å². The molecule has 10 nitrogen and oxygen atoms in total. The van der Waals surface area contributed by atoms with Gasteiger partial charge in [-0.1, -0.05) is 0 Å². The number of cyclic esters (lactones) is 1. The zero-order valence-corrected chi connectivity index (χ0v) is 18.0. The van der Waals surface area contributed by atoms with Gasteiger partial charge in [-0.05, 0) is 13.8 Å². The molecule has 1 aliphatic rings. The molecular weight excluding hydrogens is 414 g/mol. The van der Waals surface area contributed by atoms with Gasteiger partial charge in [0.05, 0.1) is 18.5 Å². The largest absolute Gasteiger partial charge is 0.507 e. The highest BCUT2D eigenvalue weighted by molar-refractivity contribution is 7.98. The third kappa shape index (κ3) is 5.35. The van der Waals surface area contributed by atoms with Gasteiger partial charge in [-0.3, -0.25) is 9.79 Å². The second-order valence-corrected chi connectivity index (χ2v) is 7.63. The van der Waals surface area contributed by atoms with E-state index in [0.717, 1.165) is 11.8 Å². The van der Waals surface area contributed by atoms with Crippen molar-refractivity contribution in [3.8, 4) is 11.5 Å². The van der Waals surface area contributed by atoms with Crippen molar-refractivity contribution in [3.05, 3.63) is 22.8 Å². The minimum atomic E-state index is -1.19. The molecule has 1 amide bonds. The summed E-state index contributed by atoms with van der Waals surface area (Å²) in [5, 5.41) is 25.1. The number of amides is 1. The summed E-state index contributed by atoms with van der Waals surface area (Å²) in [6.45, 7) is 2.91. The van der Waals surface area contributed by atoms with Crippen LogP contribution in [0.3, 0.4) is 0 Å². The van der Waals surface area contributed by atoms with Crippen molar-refractivity contribution in [1.82, 2.24) is 10.6 Å². The Bertz CT molecular complexity index is 872. The number of rotatable bonds is 3. The fraction of sp³-hybridized carbons (Fsp3) is 0.474. The minimum absolute atomic E-state index is 0.0354. The molecule has 2 rings (SSSR count). The standard InChI is InChI=1S/C19H25N3O7S/c1-9-15(28-4)5-14(23)11-7-30-8-13(18(25)26)22-17(24)12(21-10(2)20-3)6-29-19(27)16(9)11/h5,12-13,23H,6-8H2,1-4H3,(H,20,21)(H,22,24)(H,25,26)/t12-,13-/m0/s1. The van der Waals surface area contributed by atoms with Crippen molar-refractivity contribution < 1.29 is 34.1 Å². The molecule has 0 saturated carbocycles. The Kier molecular flexibility index (Phi) is 7.93. The lowest BCUT2D eigenvalue weighted by Gasteiger charge is -2.24. The van der Waals surface area contributed by atoms with Gasteiger partial charge in [0, 0.05) is 35.7 Å². The first kappa shape index (κ1) is 23.3. The van der Waals surface area contributed by atoms with Crippen molar-refractivity contribution in [2.75, 3.05) is 26.5 Å². The van der Waals surface area contributed by atoms with E-state index < -0.39 is 29.9 Å². The molecule has 0 aliphatic carbocycles. The number of hydrogen-bond donors (Lipinski definition) is 4. The lowest BCUT2D eigenvalue weighted by molar-refractivity contribution is -0.141. The maximum Gasteiger partial charge on any atom is 0.339 e. The smallest absolute Gasteiger partial charge is 0.339 e. The first-order valence-electron chi connectivity index (χ1n) is 9.07. The van der Waals surface area contributed by atoms with Crippen LogP contribution in [0.1, 0.15) is 28.4 Å². The second-order valence-electron chi connectivity index (χ2n) is 6.60. The van der Waals surface area contributed by atoms with E-state index in [1.165, 1.54) is 20.2 Å². The van der Waals surface area contributed by atoms with E-state index in [0.29, 0.717) is 22.7 Å². The van der Waals surface area contributed by atoms with E-state index in [1.807, 2.05) is 0 Å². The Morgan fingerprint density at radius 3 is 2.73 bits per heavy atom. The fourth-order valence-electron chi connectivity index (χ4n) is 2.89. The molecule has 2 atom stereocenters. The van der Waals surface area contributed by atoms with Crippen molar-refractivity contribution >= 4 is 35.4 Å². The summed E-state index contributed by atoms with van der Waals surface area (Å²) in [7, 11) is 2.94. The average molecular weight is 439 g/mol. The van der Waals surface area contributed by atoms with Gasteiger partial charge < -0.3 is 30.3 Å². The number of carboxylic acids is 1. The number of phenolic OH excluding ortho intramolecular Hbond substituents is 1. The number of aromatic hydroxyl groups is 1. The SMILES string of the molecule is C/N=C(/C)N[C@H]1COC(=O)c2c(C)c(OC)cc(O)c2CSC[C@@H](C(=O)O)NC1=O. The molecule has 1 aromatic rings. The Hall–Kier alpha value is -2.95. The molecule has 1 heterocycles. The quantitative estimate of drug-likeness (QED) is 0.303. The predicted octanol–water partition coefficient (Wildman–Crippen LogP) is 0.689. The third-order valence-electron chi connectivity index (χ3n) is 4.61. The molecule has 0 bridgehead atoms. The van der Waals surface area contributed by atoms with Crippen molar-refractivity contribution in [3.63, 3.8) is 0 Å². The first-order chi connectivity index (χ1) is 14.2. The van der Waals surface area contributed by atoms with Gasteiger partial charge >= 0.3 is 11.9 Å². The van der Waals surface area contributed by atoms with Crippen LogP contribution in [0.5, 0.6) is 11.5 Å². The third-order valence-corrected chi connectivity index (χ3v) is 5.67. The molecule has 0 saturated heterocycles. The Labute approximate surface area is 178 Å². The maximum absolute atomic E-state index is 12.9. The highest BCUT2D eigenvalue weighted by Crippen LogP contribution is 2.35. The summed E-state index contributed by atoms with van der Waals surface area (Å²) in [4.78, 5) is 41.0. The molecular formula is C19H25N3O7S. The van der Waals surface area contributed by atoms with Crippen LogP contribution in [0.25, 0.3) is 0 Å². The number of carboxylic acid groups (broad SMARTS) is 1. The molecule has 11 heteroatoms. The highest BCUT2D eigenvalue weighted by atomic mass is 32.2. The molecule has 0 unspecified atom stereocenters. The van der Waals surface area contributed by atoms with Crippen LogP contribution in [-0.4, -0.2) is 72.5 Å². The number of hydrogen-bond acceptors (Lipinski definition) is 8. The number of benzene rings is 1. The van der Waals surface area contributed by atoms with Crippen LogP contribution in [0, 0.1) is 6.92 Å². The Morgan fingerprint density at radius 2 is 2.13 bits per heavy atom. The number of nitrogens with zero attached hydrogens (tertiary/aromatic N) is 1. The van der Waals surface area contributed by atoms with E-state index in [9.17, 15) is 24.6 Å². The highest BCUT2D eigenvalue weighted by Gasteiger charge is 2.30. The number of carbonyl (C=O) groups excluding carboxylic acids is 2. The topological polar surface area (TPSA) is 147 Å². The predicted molar refractivity (Wildman–Crippen MR) is 111 cm³/mol. The zero-order chi connectivity index (χ0) is 22.4. The van der Waals surface area contributed by atoms with Crippen LogP contribution in [0.15, 0.2) is 11.1 Å². The molecule has 4 N–H and O–H groups in total. The molecule has 30 heavy (non-hydrogen) atoms. The monoisotopic (exact) mass is 439 g/mol. The molecule has 1 aromatic carbocycles. The first-order valence-corrected chi connectivity index (χ1v) is 10.2. The Morgan fingerprint density at radius 1 is 1.43 bits per heavy atom. The number of aliphatic carboxylic acids is 1. The van der Waals surface area contributed by atoms with Gasteiger partial charge in [0.25, 0.3) is 0 Å². The van der Waals surface area contributed by atoms with Gasteiger partial charge in [0.1, 0.15) is 30.2 Å². The molecule has 0 spiro atoms. The van der Waals surface area contributed by atoms with Crippen LogP contribution < -0.4 is 15.4 Å². The number of carbonyl (C=O) groups is 3. The summed E-state index contributed by atoms with van der Waals surface area (Å²) in [6.07, 6.45) is 0. The van der Waals surface area contributed by atoms with Crippen LogP contribution in [0.4, 0.5) is 0 Å². The lowest BCUT2D eigenvalue weighted by Crippen LogP contribution is -2.54. The number of aliphatic imine (C=N–C) groups is 1. The van der Waals surface area contributed by atoms with Crippen LogP contribution in [-0.2, 0) is 20.1 Å². The average Bonchev–Trinajstić information content (AvgIpc) is 2.70. The molecule has 1 aliphatic heterocycles. The van der Waals surface area contributed by atoms with Gasteiger partial charge in [-0.2, -0.15) is 11.8 Å². The fourth-order valence-corrected chi connectivity index (χ4v) is 3.96. The lowest BCUT2D eigenvalue weighted by atomic mass is 10.0. The van der Waals surface area contributed by atoms with Crippen molar-refractivity contribution in [2.45, 2.75) is 31.7 Å². The molecule has 0 radical (unpaired) electrons. The minimum Gasteiger partial charge on any atom is -0.507 e.